The van der Waals surface area contributed by atoms with E-state index in [1.807, 2.05) is 26.8 Å². The van der Waals surface area contributed by atoms with Crippen molar-refractivity contribution in [2.24, 2.45) is 50.2 Å². The minimum Gasteiger partial charge on any atom is -0.481 e. The fourth-order valence-corrected chi connectivity index (χ4v) is 13.4. The summed E-state index contributed by atoms with van der Waals surface area (Å²) in [5.41, 5.74) is -1.80. The van der Waals surface area contributed by atoms with Crippen LogP contribution in [0.2, 0.25) is 0 Å². The number of hydrogen-bond acceptors (Lipinski definition) is 13. The minimum absolute atomic E-state index is 0.0210. The first kappa shape index (κ1) is 43.5. The first-order valence-electron chi connectivity index (χ1n) is 20.7. The predicted octanol–water partition coefficient (Wildman–Crippen LogP) is 2.25. The number of aliphatic carboxylic acids is 3. The van der Waals surface area contributed by atoms with Crippen LogP contribution in [0.1, 0.15) is 106 Å². The lowest BCUT2D eigenvalue weighted by Gasteiger charge is -2.70. The van der Waals surface area contributed by atoms with Crippen molar-refractivity contribution in [1.82, 2.24) is 0 Å². The van der Waals surface area contributed by atoms with Crippen molar-refractivity contribution in [3.63, 3.8) is 0 Å². The summed E-state index contributed by atoms with van der Waals surface area (Å²) in [7, 11) is 0. The molecule has 2 heterocycles. The van der Waals surface area contributed by atoms with E-state index in [1.54, 1.807) is 0 Å². The molecule has 16 nitrogen and oxygen atoms in total. The van der Waals surface area contributed by atoms with Gasteiger partial charge in [0.1, 0.15) is 36.6 Å². The van der Waals surface area contributed by atoms with Gasteiger partial charge >= 0.3 is 17.9 Å². The number of carbonyl (C=O) groups excluding carboxylic acids is 1. The van der Waals surface area contributed by atoms with Crippen LogP contribution in [0.4, 0.5) is 0 Å². The average Bonchev–Trinajstić information content (AvgIpc) is 3.13. The molecule has 16 heteroatoms. The lowest BCUT2D eigenvalue weighted by molar-refractivity contribution is -0.361. The van der Waals surface area contributed by atoms with Crippen LogP contribution in [-0.2, 0) is 38.1 Å². The largest absolute Gasteiger partial charge is 0.481 e. The number of rotatable bonds is 7. The normalized spacial score (nSPS) is 52.6. The highest BCUT2D eigenvalue weighted by molar-refractivity contribution is 5.95. The number of carboxylic acid groups (broad SMARTS) is 3. The number of hydrogen-bond donors (Lipinski definition) is 8. The van der Waals surface area contributed by atoms with Crippen LogP contribution < -0.4 is 0 Å². The molecule has 0 aromatic rings. The van der Waals surface area contributed by atoms with Crippen LogP contribution in [0.5, 0.6) is 0 Å². The van der Waals surface area contributed by atoms with E-state index in [1.165, 1.54) is 0 Å². The smallest absolute Gasteiger partial charge is 0.335 e. The number of allylic oxidation sites excluding steroid dienone is 2. The second-order valence-corrected chi connectivity index (χ2v) is 20.6. The molecule has 8 N–H and O–H groups in total. The van der Waals surface area contributed by atoms with Gasteiger partial charge in [-0.1, -0.05) is 47.1 Å². The van der Waals surface area contributed by atoms with Crippen molar-refractivity contribution in [2.45, 2.75) is 174 Å². The Hall–Kier alpha value is -2.54. The molecule has 0 amide bonds. The fourth-order valence-electron chi connectivity index (χ4n) is 13.4. The lowest BCUT2D eigenvalue weighted by atomic mass is 9.33. The Morgan fingerprint density at radius 3 is 1.90 bits per heavy atom. The van der Waals surface area contributed by atoms with Gasteiger partial charge in [0.25, 0.3) is 0 Å². The summed E-state index contributed by atoms with van der Waals surface area (Å²) < 4.78 is 23.1. The highest BCUT2D eigenvalue weighted by Crippen LogP contribution is 2.75. The van der Waals surface area contributed by atoms with Crippen LogP contribution >= 0.6 is 0 Å². The van der Waals surface area contributed by atoms with E-state index < -0.39 is 107 Å². The molecule has 0 aromatic heterocycles. The van der Waals surface area contributed by atoms with Gasteiger partial charge in [-0.25, -0.2) is 9.59 Å². The quantitative estimate of drug-likeness (QED) is 0.171. The highest BCUT2D eigenvalue weighted by Gasteiger charge is 2.71. The second-order valence-electron chi connectivity index (χ2n) is 20.6. The molecule has 326 valence electrons. The summed E-state index contributed by atoms with van der Waals surface area (Å²) in [5.74, 6) is -4.45. The molecule has 0 spiro atoms. The van der Waals surface area contributed by atoms with Crippen molar-refractivity contribution in [2.75, 3.05) is 0 Å². The van der Waals surface area contributed by atoms with E-state index in [4.69, 9.17) is 18.9 Å². The van der Waals surface area contributed by atoms with Crippen LogP contribution in [0.15, 0.2) is 11.6 Å². The number of aliphatic hydroxyl groups is 5. The van der Waals surface area contributed by atoms with E-state index in [9.17, 15) is 60.0 Å². The van der Waals surface area contributed by atoms with Crippen molar-refractivity contribution in [3.8, 4) is 0 Å². The zero-order chi connectivity index (χ0) is 42.9. The van der Waals surface area contributed by atoms with E-state index >= 15 is 0 Å². The van der Waals surface area contributed by atoms with E-state index in [0.717, 1.165) is 37.7 Å². The number of carbonyl (C=O) groups is 4. The maximum atomic E-state index is 14.8. The van der Waals surface area contributed by atoms with Crippen LogP contribution in [0.3, 0.4) is 0 Å². The Bertz CT molecular complexity index is 1730. The molecule has 6 fully saturated rings. The zero-order valence-corrected chi connectivity index (χ0v) is 34.4. The summed E-state index contributed by atoms with van der Waals surface area (Å²) in [5, 5.41) is 83.4. The summed E-state index contributed by atoms with van der Waals surface area (Å²) in [6, 6.07) is 0. The molecule has 0 unspecified atom stereocenters. The third-order valence-electron chi connectivity index (χ3n) is 17.2. The fraction of sp³-hybridized carbons (Fsp3) is 0.857. The van der Waals surface area contributed by atoms with Gasteiger partial charge in [-0.2, -0.15) is 0 Å². The number of carboxylic acids is 3. The van der Waals surface area contributed by atoms with Gasteiger partial charge in [0.15, 0.2) is 30.6 Å². The Labute approximate surface area is 337 Å². The molecule has 2 saturated heterocycles. The van der Waals surface area contributed by atoms with Crippen molar-refractivity contribution in [1.29, 1.82) is 0 Å². The van der Waals surface area contributed by atoms with Crippen LogP contribution in [0, 0.1) is 50.2 Å². The van der Waals surface area contributed by atoms with E-state index in [0.29, 0.717) is 25.7 Å². The van der Waals surface area contributed by atoms with Gasteiger partial charge in [-0.15, -0.1) is 0 Å². The van der Waals surface area contributed by atoms with Gasteiger partial charge in [0.05, 0.1) is 11.5 Å². The molecule has 5 aliphatic carbocycles. The third-order valence-corrected chi connectivity index (χ3v) is 17.2. The van der Waals surface area contributed by atoms with Crippen molar-refractivity contribution >= 4 is 23.7 Å². The molecule has 19 atom stereocenters. The molecular formula is C42H62O16. The molecule has 0 aromatic carbocycles. The predicted molar refractivity (Wildman–Crippen MR) is 199 cm³/mol. The molecule has 7 rings (SSSR count). The minimum atomic E-state index is -2.12. The van der Waals surface area contributed by atoms with Gasteiger partial charge in [-0.05, 0) is 110 Å². The SMILES string of the molecule is CC1(C)[C@H](O[C@H]2O[C@H](C(=O)O)[C@@H](O)[C@H](O)[C@H]2O[C@@H]2[C@@H](O)[C@H](O)[C@@H](C(=O)O)O[C@@H]2O)CC[C@]2(C)[C@H]1CC[C@@]1(C)[C@H]2C(=O)C=C2[C@@H]3C[C@@](C)(C(=O)O)CC[C@]3(C)CC[C@@]21C. The summed E-state index contributed by atoms with van der Waals surface area (Å²) >= 11 is 0. The third kappa shape index (κ3) is 6.25. The van der Waals surface area contributed by atoms with E-state index in [2.05, 4.69) is 27.7 Å². The maximum Gasteiger partial charge on any atom is 0.335 e. The first-order valence-corrected chi connectivity index (χ1v) is 20.7. The Morgan fingerprint density at radius 2 is 1.29 bits per heavy atom. The Balaban J connectivity index is 1.17. The second kappa shape index (κ2) is 14.3. The monoisotopic (exact) mass is 822 g/mol. The zero-order valence-electron chi connectivity index (χ0n) is 34.4. The average molecular weight is 823 g/mol. The Morgan fingerprint density at radius 1 is 0.707 bits per heavy atom. The van der Waals surface area contributed by atoms with Crippen molar-refractivity contribution in [3.05, 3.63) is 11.6 Å². The lowest BCUT2D eigenvalue weighted by Crippen LogP contribution is -2.68. The molecule has 4 saturated carbocycles. The summed E-state index contributed by atoms with van der Waals surface area (Å²) in [6.07, 6.45) is -12.2. The van der Waals surface area contributed by atoms with Gasteiger partial charge < -0.3 is 59.8 Å². The highest BCUT2D eigenvalue weighted by atomic mass is 16.7. The molecule has 2 aliphatic heterocycles. The molecule has 7 aliphatic rings. The standard InChI is InChI=1S/C42H62O16/c1-37(2)21-8-11-42(7)31(20(43)16-18-19-17-39(4,36(53)54)13-12-38(19,3)14-15-41(18,42)6)40(21,5)10-9-22(37)55-35-30(26(47)24(45)28(58-35)33(50)51)56-29-25(46)23(44)27(32(48)49)57-34(29)52/h16,19,21-31,34-35,44-47,52H,8-15,17H2,1-7H3,(H,48,49)(H,50,51)(H,53,54)/t19-,21-,22+,23-,24-,25-,26-,27-,28-,29+,30+,31-,34-,35-,38+,39-,40+,41-,42-/m0/s1. The number of ether oxygens (including phenoxy) is 4. The Kier molecular flexibility index (Phi) is 10.7. The number of aliphatic hydroxyl groups excluding tert-OH is 5. The number of ketones is 1. The van der Waals surface area contributed by atoms with E-state index in [-0.39, 0.29) is 34.4 Å². The van der Waals surface area contributed by atoms with Crippen LogP contribution in [0.25, 0.3) is 0 Å². The molecule has 0 bridgehead atoms. The molecule has 58 heavy (non-hydrogen) atoms. The topological polar surface area (TPSA) is 267 Å². The summed E-state index contributed by atoms with van der Waals surface area (Å²) in [4.78, 5) is 51.1. The summed E-state index contributed by atoms with van der Waals surface area (Å²) in [6.45, 7) is 14.9. The van der Waals surface area contributed by atoms with Gasteiger partial charge in [0.2, 0.25) is 0 Å². The molecular weight excluding hydrogens is 760 g/mol. The number of fused-ring (bicyclic) bond motifs is 7. The molecule has 0 radical (unpaired) electrons. The van der Waals surface area contributed by atoms with Gasteiger partial charge in [-0.3, -0.25) is 9.59 Å². The van der Waals surface area contributed by atoms with Crippen molar-refractivity contribution < 1.29 is 79.0 Å². The first-order chi connectivity index (χ1) is 26.8. The maximum absolute atomic E-state index is 14.8. The van der Waals surface area contributed by atoms with Crippen LogP contribution in [-0.4, -0.2) is 132 Å². The van der Waals surface area contributed by atoms with Gasteiger partial charge in [0, 0.05) is 5.92 Å².